The Morgan fingerprint density at radius 3 is 2.48 bits per heavy atom. The molecule has 0 unspecified atom stereocenters. The molecule has 2 fully saturated rings. The van der Waals surface area contributed by atoms with Crippen molar-refractivity contribution in [1.29, 1.82) is 0 Å². The predicted molar refractivity (Wildman–Crippen MR) is 120 cm³/mol. The summed E-state index contributed by atoms with van der Waals surface area (Å²) in [7, 11) is 0. The standard InChI is InChI=1S/C24H27F2N3O.ClH/c25-17-4-7-19(8-5-17)29-22-9-6-18(26)15-20(22)21-16-27(12-10-23(21)29)13-14-28-11-2-1-3-24(28)30;/h4-9,15,21,23H,1-3,10-14,16H2;1H/t21-,23+;/m0./s1. The quantitative estimate of drug-likeness (QED) is 0.679. The van der Waals surface area contributed by atoms with Gasteiger partial charge in [0.25, 0.3) is 0 Å². The van der Waals surface area contributed by atoms with E-state index in [-0.39, 0.29) is 41.9 Å². The zero-order valence-electron chi connectivity index (χ0n) is 17.5. The summed E-state index contributed by atoms with van der Waals surface area (Å²) >= 11 is 0. The van der Waals surface area contributed by atoms with Crippen LogP contribution in [0.2, 0.25) is 0 Å². The molecular weight excluding hydrogens is 420 g/mol. The lowest BCUT2D eigenvalue weighted by Crippen LogP contribution is -2.48. The van der Waals surface area contributed by atoms with Crippen LogP contribution in [0.3, 0.4) is 0 Å². The minimum atomic E-state index is -0.254. The molecule has 0 bridgehead atoms. The second-order valence-corrected chi connectivity index (χ2v) is 8.65. The Labute approximate surface area is 188 Å². The van der Waals surface area contributed by atoms with E-state index in [4.69, 9.17) is 0 Å². The molecule has 0 aromatic heterocycles. The van der Waals surface area contributed by atoms with Crippen molar-refractivity contribution < 1.29 is 13.6 Å². The van der Waals surface area contributed by atoms with Gasteiger partial charge in [-0.2, -0.15) is 0 Å². The van der Waals surface area contributed by atoms with E-state index in [0.717, 1.165) is 68.9 Å². The summed E-state index contributed by atoms with van der Waals surface area (Å²) in [6.07, 6.45) is 3.72. The summed E-state index contributed by atoms with van der Waals surface area (Å²) in [5, 5.41) is 0. The van der Waals surface area contributed by atoms with Gasteiger partial charge in [-0.05, 0) is 67.3 Å². The molecule has 3 heterocycles. The van der Waals surface area contributed by atoms with Crippen molar-refractivity contribution in [1.82, 2.24) is 9.80 Å². The van der Waals surface area contributed by atoms with Crippen molar-refractivity contribution in [3.05, 3.63) is 59.7 Å². The maximum Gasteiger partial charge on any atom is 0.222 e. The predicted octanol–water partition coefficient (Wildman–Crippen LogP) is 4.71. The number of halogens is 3. The number of likely N-dealkylation sites (tertiary alicyclic amines) is 2. The summed E-state index contributed by atoms with van der Waals surface area (Å²) in [6.45, 7) is 4.29. The van der Waals surface area contributed by atoms with Crippen LogP contribution in [0.1, 0.15) is 37.2 Å². The molecule has 7 heteroatoms. The van der Waals surface area contributed by atoms with Gasteiger partial charge in [0.15, 0.2) is 0 Å². The second kappa shape index (κ2) is 9.13. The second-order valence-electron chi connectivity index (χ2n) is 8.65. The molecule has 1 amide bonds. The molecule has 2 aromatic carbocycles. The average molecular weight is 448 g/mol. The van der Waals surface area contributed by atoms with Crippen LogP contribution in [0.25, 0.3) is 0 Å². The van der Waals surface area contributed by atoms with E-state index in [1.165, 1.54) is 18.2 Å². The third-order valence-electron chi connectivity index (χ3n) is 6.85. The molecule has 3 aliphatic rings. The molecular formula is C24H28ClF2N3O. The Morgan fingerprint density at radius 2 is 1.71 bits per heavy atom. The van der Waals surface area contributed by atoms with Crippen molar-refractivity contribution in [2.75, 3.05) is 37.6 Å². The lowest BCUT2D eigenvalue weighted by molar-refractivity contribution is -0.133. The first-order valence-electron chi connectivity index (χ1n) is 10.9. The summed E-state index contributed by atoms with van der Waals surface area (Å²) < 4.78 is 27.6. The minimum absolute atomic E-state index is 0. The highest BCUT2D eigenvalue weighted by molar-refractivity contribution is 5.85. The van der Waals surface area contributed by atoms with E-state index in [9.17, 15) is 13.6 Å². The Balaban J connectivity index is 0.00000231. The molecule has 5 rings (SSSR count). The molecule has 2 saturated heterocycles. The van der Waals surface area contributed by atoms with Gasteiger partial charge in [-0.25, -0.2) is 8.78 Å². The fourth-order valence-corrected chi connectivity index (χ4v) is 5.34. The van der Waals surface area contributed by atoms with Crippen LogP contribution in [0, 0.1) is 11.6 Å². The van der Waals surface area contributed by atoms with Gasteiger partial charge in [-0.3, -0.25) is 4.79 Å². The molecule has 31 heavy (non-hydrogen) atoms. The molecule has 0 spiro atoms. The van der Waals surface area contributed by atoms with Gasteiger partial charge >= 0.3 is 0 Å². The highest BCUT2D eigenvalue weighted by Crippen LogP contribution is 2.48. The number of hydrogen-bond donors (Lipinski definition) is 0. The third-order valence-corrected chi connectivity index (χ3v) is 6.85. The summed E-state index contributed by atoms with van der Waals surface area (Å²) in [4.78, 5) is 18.8. The fraction of sp³-hybridized carbons (Fsp3) is 0.458. The van der Waals surface area contributed by atoms with E-state index >= 15 is 0 Å². The minimum Gasteiger partial charge on any atom is -0.341 e. The monoisotopic (exact) mass is 447 g/mol. The maximum atomic E-state index is 14.1. The van der Waals surface area contributed by atoms with Crippen LogP contribution in [0.5, 0.6) is 0 Å². The van der Waals surface area contributed by atoms with E-state index in [1.807, 2.05) is 11.0 Å². The molecule has 2 atom stereocenters. The average Bonchev–Trinajstić information content (AvgIpc) is 3.07. The normalized spacial score (nSPS) is 23.4. The Kier molecular flexibility index (Phi) is 6.49. The highest BCUT2D eigenvalue weighted by atomic mass is 35.5. The number of benzene rings is 2. The zero-order valence-corrected chi connectivity index (χ0v) is 18.3. The number of piperidine rings is 2. The molecule has 166 valence electrons. The van der Waals surface area contributed by atoms with E-state index in [0.29, 0.717) is 6.42 Å². The molecule has 4 nitrogen and oxygen atoms in total. The molecule has 0 radical (unpaired) electrons. The van der Waals surface area contributed by atoms with Gasteiger partial charge in [0.1, 0.15) is 11.6 Å². The van der Waals surface area contributed by atoms with Crippen LogP contribution in [-0.2, 0) is 4.79 Å². The van der Waals surface area contributed by atoms with Crippen molar-refractivity contribution in [3.8, 4) is 0 Å². The topological polar surface area (TPSA) is 26.8 Å². The van der Waals surface area contributed by atoms with E-state index in [2.05, 4.69) is 9.80 Å². The molecule has 0 aliphatic carbocycles. The number of fused-ring (bicyclic) bond motifs is 3. The molecule has 2 aromatic rings. The summed E-state index contributed by atoms with van der Waals surface area (Å²) in [5.74, 6) is -0.00105. The molecule has 0 N–H and O–H groups in total. The summed E-state index contributed by atoms with van der Waals surface area (Å²) in [5.41, 5.74) is 3.00. The first-order chi connectivity index (χ1) is 14.6. The lowest BCUT2D eigenvalue weighted by atomic mass is 9.89. The number of rotatable bonds is 4. The van der Waals surface area contributed by atoms with Crippen molar-refractivity contribution in [3.63, 3.8) is 0 Å². The fourth-order valence-electron chi connectivity index (χ4n) is 5.34. The third kappa shape index (κ3) is 4.28. The van der Waals surface area contributed by atoms with Crippen molar-refractivity contribution in [2.45, 2.75) is 37.6 Å². The van der Waals surface area contributed by atoms with Gasteiger partial charge < -0.3 is 14.7 Å². The van der Waals surface area contributed by atoms with Crippen molar-refractivity contribution in [2.24, 2.45) is 0 Å². The largest absolute Gasteiger partial charge is 0.341 e. The zero-order chi connectivity index (χ0) is 20.7. The van der Waals surface area contributed by atoms with Gasteiger partial charge in [0, 0.05) is 62.5 Å². The van der Waals surface area contributed by atoms with E-state index in [1.54, 1.807) is 18.2 Å². The lowest BCUT2D eigenvalue weighted by Gasteiger charge is -2.40. The van der Waals surface area contributed by atoms with Crippen molar-refractivity contribution >= 4 is 29.7 Å². The number of carbonyl (C=O) groups excluding carboxylic acids is 1. The van der Waals surface area contributed by atoms with Gasteiger partial charge in [-0.15, -0.1) is 12.4 Å². The highest BCUT2D eigenvalue weighted by Gasteiger charge is 2.42. The van der Waals surface area contributed by atoms with Gasteiger partial charge in [0.2, 0.25) is 5.91 Å². The van der Waals surface area contributed by atoms with Gasteiger partial charge in [-0.1, -0.05) is 0 Å². The summed E-state index contributed by atoms with van der Waals surface area (Å²) in [6, 6.07) is 11.8. The van der Waals surface area contributed by atoms with Crippen LogP contribution in [0.15, 0.2) is 42.5 Å². The first-order valence-corrected chi connectivity index (χ1v) is 10.9. The number of amides is 1. The van der Waals surface area contributed by atoms with Gasteiger partial charge in [0.05, 0.1) is 0 Å². The molecule has 0 saturated carbocycles. The Morgan fingerprint density at radius 1 is 0.935 bits per heavy atom. The Bertz CT molecular complexity index is 939. The number of hydrogen-bond acceptors (Lipinski definition) is 3. The van der Waals surface area contributed by atoms with Crippen LogP contribution in [-0.4, -0.2) is 54.5 Å². The SMILES string of the molecule is Cl.O=C1CCCCN1CCN1CC[C@@H]2[C@@H](C1)c1cc(F)ccc1N2c1ccc(F)cc1. The first kappa shape index (κ1) is 22.0. The van der Waals surface area contributed by atoms with Crippen LogP contribution >= 0.6 is 12.4 Å². The van der Waals surface area contributed by atoms with E-state index < -0.39 is 0 Å². The Hall–Kier alpha value is -2.18. The van der Waals surface area contributed by atoms with Crippen LogP contribution < -0.4 is 4.90 Å². The smallest absolute Gasteiger partial charge is 0.222 e. The maximum absolute atomic E-state index is 14.1. The number of carbonyl (C=O) groups is 1. The number of anilines is 2. The van der Waals surface area contributed by atoms with Crippen LogP contribution in [0.4, 0.5) is 20.2 Å². The molecule has 3 aliphatic heterocycles. The number of nitrogens with zero attached hydrogens (tertiary/aromatic N) is 3.